The van der Waals surface area contributed by atoms with Crippen LogP contribution in [0.1, 0.15) is 38.3 Å². The summed E-state index contributed by atoms with van der Waals surface area (Å²) in [5, 5.41) is 15.0. The van der Waals surface area contributed by atoms with Crippen LogP contribution in [0.25, 0.3) is 0 Å². The molecule has 0 amide bonds. The quantitative estimate of drug-likeness (QED) is 0.210. The van der Waals surface area contributed by atoms with Crippen LogP contribution in [-0.2, 0) is 13.6 Å². The molecule has 2 aromatic rings. The number of halogens is 2. The number of guanidine groups is 1. The maximum atomic E-state index is 5.99. The van der Waals surface area contributed by atoms with Crippen LogP contribution < -0.4 is 15.4 Å². The first-order chi connectivity index (χ1) is 13.0. The highest BCUT2D eigenvalue weighted by atomic mass is 127. The SMILES string of the molecule is CCCCNC(=NCc1nnc(C)n1C)NCC(C)Oc1ccccc1Br.I. The summed E-state index contributed by atoms with van der Waals surface area (Å²) in [5.74, 6) is 3.30. The van der Waals surface area contributed by atoms with E-state index < -0.39 is 0 Å². The molecular weight excluding hydrogens is 535 g/mol. The van der Waals surface area contributed by atoms with Crippen molar-refractivity contribution in [2.75, 3.05) is 13.1 Å². The molecule has 1 atom stereocenters. The second-order valence-electron chi connectivity index (χ2n) is 6.41. The van der Waals surface area contributed by atoms with Gasteiger partial charge in [-0.15, -0.1) is 34.2 Å². The van der Waals surface area contributed by atoms with Crippen LogP contribution in [0, 0.1) is 6.92 Å². The lowest BCUT2D eigenvalue weighted by Crippen LogP contribution is -2.42. The van der Waals surface area contributed by atoms with E-state index in [4.69, 9.17) is 4.74 Å². The molecule has 1 heterocycles. The Kier molecular flexibility index (Phi) is 11.4. The number of aryl methyl sites for hydroxylation is 1. The van der Waals surface area contributed by atoms with Gasteiger partial charge in [-0.1, -0.05) is 25.5 Å². The third kappa shape index (κ3) is 7.94. The number of rotatable bonds is 9. The molecule has 9 heteroatoms. The van der Waals surface area contributed by atoms with Crippen LogP contribution in [0.3, 0.4) is 0 Å². The van der Waals surface area contributed by atoms with E-state index >= 15 is 0 Å². The van der Waals surface area contributed by atoms with Gasteiger partial charge < -0.3 is 19.9 Å². The maximum absolute atomic E-state index is 5.99. The summed E-state index contributed by atoms with van der Waals surface area (Å²) in [6.07, 6.45) is 2.20. The first-order valence-electron chi connectivity index (χ1n) is 9.29. The molecule has 0 fully saturated rings. The third-order valence-electron chi connectivity index (χ3n) is 4.11. The smallest absolute Gasteiger partial charge is 0.191 e. The van der Waals surface area contributed by atoms with Gasteiger partial charge in [0.25, 0.3) is 0 Å². The van der Waals surface area contributed by atoms with Crippen LogP contribution >= 0.6 is 39.9 Å². The van der Waals surface area contributed by atoms with E-state index in [-0.39, 0.29) is 30.1 Å². The largest absolute Gasteiger partial charge is 0.488 e. The number of hydrogen-bond donors (Lipinski definition) is 2. The highest BCUT2D eigenvalue weighted by Gasteiger charge is 2.09. The van der Waals surface area contributed by atoms with Crippen LogP contribution in [0.5, 0.6) is 5.75 Å². The van der Waals surface area contributed by atoms with Crippen molar-refractivity contribution in [3.05, 3.63) is 40.4 Å². The molecule has 7 nitrogen and oxygen atoms in total. The van der Waals surface area contributed by atoms with E-state index in [1.165, 1.54) is 0 Å². The fourth-order valence-electron chi connectivity index (χ4n) is 2.34. The Hall–Kier alpha value is -1.36. The van der Waals surface area contributed by atoms with Crippen molar-refractivity contribution in [3.8, 4) is 5.75 Å². The zero-order valence-corrected chi connectivity index (χ0v) is 20.8. The van der Waals surface area contributed by atoms with Crippen molar-refractivity contribution < 1.29 is 4.74 Å². The Labute approximate surface area is 192 Å². The number of nitrogens with one attached hydrogen (secondary N) is 2. The molecule has 0 spiro atoms. The van der Waals surface area contributed by atoms with Crippen LogP contribution in [0.15, 0.2) is 33.7 Å². The number of para-hydroxylation sites is 1. The summed E-state index contributed by atoms with van der Waals surface area (Å²) in [5.41, 5.74) is 0. The molecule has 156 valence electrons. The molecule has 0 radical (unpaired) electrons. The Balaban J connectivity index is 0.00000392. The van der Waals surface area contributed by atoms with Crippen molar-refractivity contribution in [2.24, 2.45) is 12.0 Å². The minimum absolute atomic E-state index is 0. The van der Waals surface area contributed by atoms with Gasteiger partial charge in [0.15, 0.2) is 11.8 Å². The topological polar surface area (TPSA) is 76.4 Å². The molecule has 2 rings (SSSR count). The molecular formula is C19H30BrIN6O. The van der Waals surface area contributed by atoms with Crippen molar-refractivity contribution >= 4 is 45.9 Å². The average Bonchev–Trinajstić information content (AvgIpc) is 2.97. The molecule has 0 saturated heterocycles. The lowest BCUT2D eigenvalue weighted by atomic mass is 10.3. The van der Waals surface area contributed by atoms with E-state index in [1.807, 2.05) is 49.7 Å². The Morgan fingerprint density at radius 2 is 2.04 bits per heavy atom. The molecule has 0 aliphatic heterocycles. The summed E-state index contributed by atoms with van der Waals surface area (Å²) in [7, 11) is 1.95. The summed E-state index contributed by atoms with van der Waals surface area (Å²) in [6.45, 7) is 8.11. The molecule has 1 unspecified atom stereocenters. The molecule has 0 bridgehead atoms. The highest BCUT2D eigenvalue weighted by Crippen LogP contribution is 2.24. The number of benzene rings is 1. The van der Waals surface area contributed by atoms with Crippen molar-refractivity contribution in [2.45, 2.75) is 46.3 Å². The zero-order chi connectivity index (χ0) is 19.6. The van der Waals surface area contributed by atoms with E-state index in [2.05, 4.69) is 48.7 Å². The van der Waals surface area contributed by atoms with Gasteiger partial charge in [0.1, 0.15) is 24.2 Å². The molecule has 1 aromatic heterocycles. The molecule has 0 aliphatic rings. The van der Waals surface area contributed by atoms with Gasteiger partial charge in [-0.2, -0.15) is 0 Å². The highest BCUT2D eigenvalue weighted by molar-refractivity contribution is 14.0. The number of aromatic nitrogens is 3. The summed E-state index contributed by atoms with van der Waals surface area (Å²) in [6, 6.07) is 7.85. The number of unbranched alkanes of at least 4 members (excludes halogenated alkanes) is 1. The predicted octanol–water partition coefficient (Wildman–Crippen LogP) is 3.81. The van der Waals surface area contributed by atoms with Gasteiger partial charge in [0, 0.05) is 13.6 Å². The number of aliphatic imine (C=N–C) groups is 1. The third-order valence-corrected chi connectivity index (χ3v) is 4.76. The van der Waals surface area contributed by atoms with E-state index in [9.17, 15) is 0 Å². The zero-order valence-electron chi connectivity index (χ0n) is 16.9. The van der Waals surface area contributed by atoms with E-state index in [0.29, 0.717) is 13.1 Å². The minimum Gasteiger partial charge on any atom is -0.488 e. The number of nitrogens with zero attached hydrogens (tertiary/aromatic N) is 4. The average molecular weight is 565 g/mol. The van der Waals surface area contributed by atoms with Crippen molar-refractivity contribution in [1.29, 1.82) is 0 Å². The lowest BCUT2D eigenvalue weighted by molar-refractivity contribution is 0.222. The van der Waals surface area contributed by atoms with E-state index in [0.717, 1.165) is 47.2 Å². The standard InChI is InChI=1S/C19H29BrN6O.HI/c1-5-6-11-21-19(23-13-18-25-24-15(3)26(18)4)22-12-14(2)27-17-10-8-7-9-16(17)20;/h7-10,14H,5-6,11-13H2,1-4H3,(H2,21,22,23);1H. The fourth-order valence-corrected chi connectivity index (χ4v) is 2.71. The van der Waals surface area contributed by atoms with Gasteiger partial charge in [-0.3, -0.25) is 0 Å². The Morgan fingerprint density at radius 1 is 1.29 bits per heavy atom. The number of ether oxygens (including phenoxy) is 1. The van der Waals surface area contributed by atoms with Gasteiger partial charge in [0.05, 0.1) is 11.0 Å². The van der Waals surface area contributed by atoms with E-state index in [1.54, 1.807) is 0 Å². The van der Waals surface area contributed by atoms with Crippen LogP contribution in [-0.4, -0.2) is 39.9 Å². The maximum Gasteiger partial charge on any atom is 0.191 e. The molecule has 1 aromatic carbocycles. The summed E-state index contributed by atoms with van der Waals surface area (Å²) in [4.78, 5) is 4.64. The molecule has 0 aliphatic carbocycles. The first kappa shape index (κ1) is 24.7. The lowest BCUT2D eigenvalue weighted by Gasteiger charge is -2.18. The molecule has 28 heavy (non-hydrogen) atoms. The Morgan fingerprint density at radius 3 is 2.68 bits per heavy atom. The summed E-state index contributed by atoms with van der Waals surface area (Å²) < 4.78 is 8.89. The van der Waals surface area contributed by atoms with Gasteiger partial charge in [-0.25, -0.2) is 4.99 Å². The Bertz CT molecular complexity index is 752. The van der Waals surface area contributed by atoms with Crippen molar-refractivity contribution in [1.82, 2.24) is 25.4 Å². The van der Waals surface area contributed by atoms with Gasteiger partial charge >= 0.3 is 0 Å². The van der Waals surface area contributed by atoms with Crippen molar-refractivity contribution in [3.63, 3.8) is 0 Å². The second kappa shape index (κ2) is 13.0. The van der Waals surface area contributed by atoms with Gasteiger partial charge in [-0.05, 0) is 48.3 Å². The van der Waals surface area contributed by atoms with Crippen LogP contribution in [0.2, 0.25) is 0 Å². The molecule has 2 N–H and O–H groups in total. The van der Waals surface area contributed by atoms with Gasteiger partial charge in [0.2, 0.25) is 0 Å². The first-order valence-corrected chi connectivity index (χ1v) is 10.1. The monoisotopic (exact) mass is 564 g/mol. The second-order valence-corrected chi connectivity index (χ2v) is 7.26. The van der Waals surface area contributed by atoms with Crippen LogP contribution in [0.4, 0.5) is 0 Å². The number of hydrogen-bond acceptors (Lipinski definition) is 4. The summed E-state index contributed by atoms with van der Waals surface area (Å²) >= 11 is 3.51. The predicted molar refractivity (Wildman–Crippen MR) is 127 cm³/mol. The minimum atomic E-state index is -0.0149. The normalized spacial score (nSPS) is 12.2. The fraction of sp³-hybridized carbons (Fsp3) is 0.526. The molecule has 0 saturated carbocycles.